The number of phenolic OH excluding ortho intramolecular Hbond substituents is 1. The molecule has 8 nitrogen and oxygen atoms in total. The monoisotopic (exact) mass is 640 g/mol. The standard InChI is InChI=1S/C36H35F3N6O2/c1-2-24-27(37)6-3-19-9-23(46)10-25(30(19)24)31-28(38)11-26-33(32(31)39)42-35(43-34(26)44-15-21-4-5-22(16-44)41-21)47-18-36(7-8-36)17-45-14-20-12-40-13-29(20)45/h1,3,6,9-11,20-22,29,40-41,46H,4-5,7-8,12-18H2. The summed E-state index contributed by atoms with van der Waals surface area (Å²) in [5.41, 5.74) is -0.749. The number of likely N-dealkylation sites (tertiary alicyclic amines) is 1. The summed E-state index contributed by atoms with van der Waals surface area (Å²) in [6.45, 7) is 5.83. The summed E-state index contributed by atoms with van der Waals surface area (Å²) in [7, 11) is 0. The average molecular weight is 641 g/mol. The first-order chi connectivity index (χ1) is 22.8. The van der Waals surface area contributed by atoms with Gasteiger partial charge in [-0.25, -0.2) is 13.2 Å². The topological polar surface area (TPSA) is 85.8 Å². The predicted octanol–water partition coefficient (Wildman–Crippen LogP) is 4.56. The highest BCUT2D eigenvalue weighted by atomic mass is 19.1. The lowest BCUT2D eigenvalue weighted by Crippen LogP contribution is -2.57. The molecule has 4 aliphatic heterocycles. The van der Waals surface area contributed by atoms with Crippen molar-refractivity contribution in [3.05, 3.63) is 53.3 Å². The summed E-state index contributed by atoms with van der Waals surface area (Å²) >= 11 is 0. The van der Waals surface area contributed by atoms with Crippen molar-refractivity contribution >= 4 is 27.5 Å². The molecule has 2 bridgehead atoms. The lowest BCUT2D eigenvalue weighted by Gasteiger charge is -2.45. The van der Waals surface area contributed by atoms with Gasteiger partial charge >= 0.3 is 6.01 Å². The van der Waals surface area contributed by atoms with Crippen LogP contribution < -0.4 is 20.3 Å². The van der Waals surface area contributed by atoms with E-state index in [-0.39, 0.29) is 56.7 Å². The van der Waals surface area contributed by atoms with E-state index in [9.17, 15) is 9.50 Å². The number of ether oxygens (including phenoxy) is 1. The van der Waals surface area contributed by atoms with Gasteiger partial charge in [0.2, 0.25) is 0 Å². The molecule has 5 heterocycles. The molecule has 5 fully saturated rings. The van der Waals surface area contributed by atoms with Gasteiger partial charge < -0.3 is 25.4 Å². The number of hydrogen-bond acceptors (Lipinski definition) is 8. The van der Waals surface area contributed by atoms with Gasteiger partial charge in [-0.3, -0.25) is 4.90 Å². The second kappa shape index (κ2) is 10.7. The highest BCUT2D eigenvalue weighted by Crippen LogP contribution is 2.49. The van der Waals surface area contributed by atoms with Crippen LogP contribution in [0.15, 0.2) is 30.3 Å². The van der Waals surface area contributed by atoms with Crippen molar-refractivity contribution in [1.82, 2.24) is 25.5 Å². The third-order valence-electron chi connectivity index (χ3n) is 11.1. The number of rotatable bonds is 7. The summed E-state index contributed by atoms with van der Waals surface area (Å²) in [4.78, 5) is 14.0. The normalized spacial score (nSPS) is 26.0. The quantitative estimate of drug-likeness (QED) is 0.254. The second-order valence-electron chi connectivity index (χ2n) is 14.2. The van der Waals surface area contributed by atoms with Gasteiger partial charge in [0.25, 0.3) is 0 Å². The van der Waals surface area contributed by atoms with Crippen LogP contribution in [0.4, 0.5) is 19.0 Å². The number of nitrogens with one attached hydrogen (secondary N) is 2. The van der Waals surface area contributed by atoms with E-state index in [1.807, 2.05) is 0 Å². The van der Waals surface area contributed by atoms with Crippen LogP contribution in [0.2, 0.25) is 0 Å². The van der Waals surface area contributed by atoms with Gasteiger partial charge in [-0.05, 0) is 55.3 Å². The Kier molecular flexibility index (Phi) is 6.62. The molecule has 4 unspecified atom stereocenters. The molecule has 242 valence electrons. The van der Waals surface area contributed by atoms with Crippen molar-refractivity contribution in [2.75, 3.05) is 50.8 Å². The number of benzene rings is 3. The molecule has 1 saturated carbocycles. The maximum absolute atomic E-state index is 16.9. The number of piperazine rings is 1. The van der Waals surface area contributed by atoms with Crippen LogP contribution in [0.5, 0.6) is 11.8 Å². The van der Waals surface area contributed by atoms with Crippen molar-refractivity contribution in [2.24, 2.45) is 11.3 Å². The summed E-state index contributed by atoms with van der Waals surface area (Å²) in [5, 5.41) is 18.3. The number of nitrogens with zero attached hydrogens (tertiary/aromatic N) is 4. The minimum absolute atomic E-state index is 0.00285. The number of fused-ring (bicyclic) bond motifs is 5. The number of halogens is 3. The van der Waals surface area contributed by atoms with Crippen LogP contribution in [0.1, 0.15) is 31.2 Å². The smallest absolute Gasteiger partial charge is 0.319 e. The van der Waals surface area contributed by atoms with Crippen LogP contribution in [0, 0.1) is 41.1 Å². The lowest BCUT2D eigenvalue weighted by atomic mass is 9.90. The molecule has 0 amide bonds. The molecule has 4 saturated heterocycles. The van der Waals surface area contributed by atoms with Crippen LogP contribution in [-0.2, 0) is 0 Å². The highest BCUT2D eigenvalue weighted by Gasteiger charge is 2.51. The Morgan fingerprint density at radius 3 is 2.57 bits per heavy atom. The Morgan fingerprint density at radius 2 is 1.83 bits per heavy atom. The first kappa shape index (κ1) is 29.1. The van der Waals surface area contributed by atoms with Crippen molar-refractivity contribution in [3.8, 4) is 35.2 Å². The highest BCUT2D eigenvalue weighted by molar-refractivity contribution is 6.04. The fraction of sp³-hybridized carbons (Fsp3) is 0.444. The summed E-state index contributed by atoms with van der Waals surface area (Å²) in [5.74, 6) is 0.696. The Balaban J connectivity index is 1.14. The molecule has 3 N–H and O–H groups in total. The predicted molar refractivity (Wildman–Crippen MR) is 173 cm³/mol. The Bertz CT molecular complexity index is 1980. The molecule has 0 spiro atoms. The van der Waals surface area contributed by atoms with E-state index in [1.54, 1.807) is 0 Å². The molecule has 11 heteroatoms. The molecule has 1 aromatic heterocycles. The molecule has 3 aromatic carbocycles. The van der Waals surface area contributed by atoms with Crippen molar-refractivity contribution in [2.45, 2.75) is 43.8 Å². The zero-order valence-corrected chi connectivity index (χ0v) is 25.8. The molecule has 4 atom stereocenters. The van der Waals surface area contributed by atoms with E-state index in [0.29, 0.717) is 36.9 Å². The molecule has 47 heavy (non-hydrogen) atoms. The van der Waals surface area contributed by atoms with Gasteiger partial charge in [0.15, 0.2) is 5.82 Å². The Morgan fingerprint density at radius 1 is 1.02 bits per heavy atom. The molecule has 9 rings (SSSR count). The molecule has 5 aliphatic rings. The maximum atomic E-state index is 16.9. The van der Waals surface area contributed by atoms with Gasteiger partial charge in [-0.2, -0.15) is 9.97 Å². The minimum Gasteiger partial charge on any atom is -0.508 e. The molecule has 0 radical (unpaired) electrons. The third kappa shape index (κ3) is 4.80. The van der Waals surface area contributed by atoms with E-state index < -0.39 is 23.0 Å². The van der Waals surface area contributed by atoms with Gasteiger partial charge in [0.1, 0.15) is 28.7 Å². The van der Waals surface area contributed by atoms with Crippen LogP contribution in [-0.4, -0.2) is 84.0 Å². The van der Waals surface area contributed by atoms with E-state index in [0.717, 1.165) is 57.8 Å². The zero-order valence-electron chi connectivity index (χ0n) is 25.8. The molecular weight excluding hydrogens is 605 g/mol. The Labute approximate surface area is 270 Å². The molecule has 4 aromatic rings. The number of anilines is 1. The number of aromatic hydroxyl groups is 1. The fourth-order valence-corrected chi connectivity index (χ4v) is 8.43. The van der Waals surface area contributed by atoms with Gasteiger partial charge in [0, 0.05) is 85.1 Å². The van der Waals surface area contributed by atoms with Crippen molar-refractivity contribution < 1.29 is 23.0 Å². The van der Waals surface area contributed by atoms with Crippen LogP contribution in [0.3, 0.4) is 0 Å². The minimum atomic E-state index is -0.952. The first-order valence-electron chi connectivity index (χ1n) is 16.5. The second-order valence-corrected chi connectivity index (χ2v) is 14.2. The Hall–Kier alpha value is -4.11. The van der Waals surface area contributed by atoms with Gasteiger partial charge in [-0.1, -0.05) is 12.0 Å². The SMILES string of the molecule is C#Cc1c(F)ccc2cc(O)cc(-c3c(F)cc4c(N5CC6CCC(C5)N6)nc(OCC5(CN6CC7CNCC76)CC5)nc4c3F)c12. The zero-order chi connectivity index (χ0) is 32.0. The van der Waals surface area contributed by atoms with Crippen LogP contribution >= 0.6 is 0 Å². The third-order valence-corrected chi connectivity index (χ3v) is 11.1. The number of phenols is 1. The maximum Gasteiger partial charge on any atom is 0.319 e. The largest absolute Gasteiger partial charge is 0.508 e. The summed E-state index contributed by atoms with van der Waals surface area (Å²) < 4.78 is 54.3. The first-order valence-corrected chi connectivity index (χ1v) is 16.5. The van der Waals surface area contributed by atoms with Gasteiger partial charge in [-0.15, -0.1) is 6.42 Å². The molecular formula is C36H35F3N6O2. The van der Waals surface area contributed by atoms with Crippen molar-refractivity contribution in [1.29, 1.82) is 0 Å². The van der Waals surface area contributed by atoms with E-state index in [4.69, 9.17) is 16.1 Å². The number of hydrogen-bond donors (Lipinski definition) is 3. The molecule has 1 aliphatic carbocycles. The van der Waals surface area contributed by atoms with Crippen LogP contribution in [0.25, 0.3) is 32.8 Å². The van der Waals surface area contributed by atoms with E-state index >= 15 is 8.78 Å². The average Bonchev–Trinajstić information content (AvgIpc) is 3.60. The summed E-state index contributed by atoms with van der Waals surface area (Å²) in [6, 6.07) is 7.57. The van der Waals surface area contributed by atoms with E-state index in [2.05, 4.69) is 31.3 Å². The van der Waals surface area contributed by atoms with Crippen molar-refractivity contribution in [3.63, 3.8) is 0 Å². The number of terminal acetylenes is 1. The lowest BCUT2D eigenvalue weighted by molar-refractivity contribution is 0.0208. The number of aromatic nitrogens is 2. The summed E-state index contributed by atoms with van der Waals surface area (Å²) in [6.07, 6.45) is 9.79. The van der Waals surface area contributed by atoms with E-state index in [1.165, 1.54) is 30.3 Å². The van der Waals surface area contributed by atoms with Gasteiger partial charge in [0.05, 0.1) is 17.7 Å². The fourth-order valence-electron chi connectivity index (χ4n) is 8.43.